The molecule has 2 aromatic carbocycles. The first-order valence-corrected chi connectivity index (χ1v) is 8.02. The summed E-state index contributed by atoms with van der Waals surface area (Å²) in [7, 11) is 3.35. The number of carbonyl (C=O) groups is 1. The van der Waals surface area contributed by atoms with Crippen LogP contribution in [0.3, 0.4) is 0 Å². The number of fused-ring (bicyclic) bond motifs is 1. The summed E-state index contributed by atoms with van der Waals surface area (Å²) in [6, 6.07) is 5.74. The summed E-state index contributed by atoms with van der Waals surface area (Å²) in [6.45, 7) is 0.617. The van der Waals surface area contributed by atoms with E-state index in [9.17, 15) is 22.4 Å². The van der Waals surface area contributed by atoms with E-state index in [1.54, 1.807) is 6.07 Å². The number of alkyl halides is 3. The molecule has 0 aliphatic carbocycles. The van der Waals surface area contributed by atoms with Crippen LogP contribution in [0.5, 0.6) is 5.75 Å². The van der Waals surface area contributed by atoms with Gasteiger partial charge in [0.25, 0.3) is 5.91 Å². The summed E-state index contributed by atoms with van der Waals surface area (Å²) in [5, 5.41) is 5.76. The van der Waals surface area contributed by atoms with E-state index in [0.717, 1.165) is 17.4 Å². The maximum absolute atomic E-state index is 13.4. The number of carbonyl (C=O) groups excluding carboxylic acids is 1. The van der Waals surface area contributed by atoms with E-state index in [-0.39, 0.29) is 12.1 Å². The number of hydrogen-bond donors (Lipinski definition) is 2. The van der Waals surface area contributed by atoms with Gasteiger partial charge in [-0.15, -0.1) is 0 Å². The van der Waals surface area contributed by atoms with Crippen LogP contribution in [-0.2, 0) is 12.7 Å². The van der Waals surface area contributed by atoms with Gasteiger partial charge in [-0.2, -0.15) is 13.2 Å². The molecular formula is C18H17F4N3O2. The van der Waals surface area contributed by atoms with Gasteiger partial charge in [-0.1, -0.05) is 0 Å². The van der Waals surface area contributed by atoms with Crippen LogP contribution in [0.15, 0.2) is 30.3 Å². The van der Waals surface area contributed by atoms with Crippen molar-refractivity contribution in [1.29, 1.82) is 0 Å². The van der Waals surface area contributed by atoms with Gasteiger partial charge < -0.3 is 20.3 Å². The number of rotatable bonds is 4. The van der Waals surface area contributed by atoms with Crippen molar-refractivity contribution in [2.24, 2.45) is 0 Å². The molecule has 0 unspecified atom stereocenters. The summed E-state index contributed by atoms with van der Waals surface area (Å²) >= 11 is 0. The fraction of sp³-hybridized carbons (Fsp3) is 0.278. The maximum atomic E-state index is 13.4. The van der Waals surface area contributed by atoms with E-state index in [0.29, 0.717) is 30.1 Å². The number of methoxy groups -OCH3 is 1. The van der Waals surface area contributed by atoms with Gasteiger partial charge in [-0.3, -0.25) is 4.79 Å². The van der Waals surface area contributed by atoms with E-state index in [1.807, 2.05) is 18.0 Å². The third-order valence-electron chi connectivity index (χ3n) is 4.31. The highest BCUT2D eigenvalue weighted by atomic mass is 19.4. The van der Waals surface area contributed by atoms with Crippen molar-refractivity contribution < 1.29 is 27.1 Å². The summed E-state index contributed by atoms with van der Waals surface area (Å²) in [6.07, 6.45) is -4.88. The first-order valence-electron chi connectivity index (χ1n) is 8.02. The minimum Gasteiger partial charge on any atom is -0.496 e. The van der Waals surface area contributed by atoms with Crippen LogP contribution in [0.25, 0.3) is 0 Å². The van der Waals surface area contributed by atoms with Gasteiger partial charge in [0, 0.05) is 24.7 Å². The molecule has 1 amide bonds. The SMILES string of the molecule is COc1ccc2c(c1CNC(=O)c1ccc(F)c(C(F)(F)F)c1)N(C)CN2. The molecule has 27 heavy (non-hydrogen) atoms. The number of anilines is 2. The molecule has 0 atom stereocenters. The van der Waals surface area contributed by atoms with Crippen LogP contribution in [0.4, 0.5) is 28.9 Å². The smallest absolute Gasteiger partial charge is 0.419 e. The highest BCUT2D eigenvalue weighted by Crippen LogP contribution is 2.39. The van der Waals surface area contributed by atoms with Crippen molar-refractivity contribution >= 4 is 17.3 Å². The molecule has 5 nitrogen and oxygen atoms in total. The lowest BCUT2D eigenvalue weighted by molar-refractivity contribution is -0.140. The molecular weight excluding hydrogens is 366 g/mol. The van der Waals surface area contributed by atoms with Gasteiger partial charge in [-0.05, 0) is 30.3 Å². The third-order valence-corrected chi connectivity index (χ3v) is 4.31. The first kappa shape index (κ1) is 18.8. The minimum atomic E-state index is -4.88. The van der Waals surface area contributed by atoms with E-state index >= 15 is 0 Å². The van der Waals surface area contributed by atoms with Crippen LogP contribution in [0.2, 0.25) is 0 Å². The van der Waals surface area contributed by atoms with Gasteiger partial charge in [-0.25, -0.2) is 4.39 Å². The summed E-state index contributed by atoms with van der Waals surface area (Å²) < 4.78 is 57.2. The quantitative estimate of drug-likeness (QED) is 0.793. The Morgan fingerprint density at radius 3 is 2.70 bits per heavy atom. The molecule has 9 heteroatoms. The number of hydrogen-bond acceptors (Lipinski definition) is 4. The van der Waals surface area contributed by atoms with Crippen molar-refractivity contribution in [3.8, 4) is 5.75 Å². The van der Waals surface area contributed by atoms with E-state index in [2.05, 4.69) is 10.6 Å². The van der Waals surface area contributed by atoms with Crippen LogP contribution in [0, 0.1) is 5.82 Å². The highest BCUT2D eigenvalue weighted by molar-refractivity contribution is 5.94. The predicted molar refractivity (Wildman–Crippen MR) is 92.5 cm³/mol. The molecule has 144 valence electrons. The summed E-state index contributed by atoms with van der Waals surface area (Å²) in [5.41, 5.74) is 0.640. The Balaban J connectivity index is 1.84. The molecule has 0 radical (unpaired) electrons. The van der Waals surface area contributed by atoms with Gasteiger partial charge in [0.2, 0.25) is 0 Å². The van der Waals surface area contributed by atoms with Crippen molar-refractivity contribution in [3.05, 3.63) is 52.8 Å². The molecule has 0 bridgehead atoms. The normalized spacial score (nSPS) is 13.2. The third kappa shape index (κ3) is 3.62. The zero-order valence-electron chi connectivity index (χ0n) is 14.6. The van der Waals surface area contributed by atoms with E-state index in [1.165, 1.54) is 7.11 Å². The highest BCUT2D eigenvalue weighted by Gasteiger charge is 2.34. The van der Waals surface area contributed by atoms with Crippen LogP contribution in [0.1, 0.15) is 21.5 Å². The predicted octanol–water partition coefficient (Wildman–Crippen LogP) is 3.60. The number of amides is 1. The zero-order chi connectivity index (χ0) is 19.8. The fourth-order valence-corrected chi connectivity index (χ4v) is 3.00. The molecule has 0 aromatic heterocycles. The average molecular weight is 383 g/mol. The van der Waals surface area contributed by atoms with Gasteiger partial charge in [0.1, 0.15) is 11.6 Å². The van der Waals surface area contributed by atoms with E-state index in [4.69, 9.17) is 4.74 Å². The molecule has 0 spiro atoms. The Morgan fingerprint density at radius 2 is 2.04 bits per heavy atom. The average Bonchev–Trinajstić information content (AvgIpc) is 3.00. The second kappa shape index (κ2) is 6.98. The van der Waals surface area contributed by atoms with Gasteiger partial charge >= 0.3 is 6.18 Å². The molecule has 1 aliphatic heterocycles. The lowest BCUT2D eigenvalue weighted by Gasteiger charge is -2.18. The second-order valence-corrected chi connectivity index (χ2v) is 6.05. The first-order chi connectivity index (χ1) is 12.7. The molecule has 0 fully saturated rings. The molecule has 3 rings (SSSR count). The molecule has 2 aromatic rings. The van der Waals surface area contributed by atoms with Gasteiger partial charge in [0.15, 0.2) is 0 Å². The number of nitrogens with one attached hydrogen (secondary N) is 2. The Kier molecular flexibility index (Phi) is 4.86. The Bertz CT molecular complexity index is 884. The Hall–Kier alpha value is -2.97. The number of ether oxygens (including phenoxy) is 1. The number of benzene rings is 2. The Morgan fingerprint density at radius 1 is 1.30 bits per heavy atom. The standard InChI is InChI=1S/C18H17F4N3O2/c1-25-9-24-14-5-6-15(27-2)11(16(14)25)8-23-17(26)10-3-4-13(19)12(7-10)18(20,21)22/h3-7,24H,8-9H2,1-2H3,(H,23,26). The molecule has 0 saturated heterocycles. The van der Waals surface area contributed by atoms with Crippen molar-refractivity contribution in [2.45, 2.75) is 12.7 Å². The van der Waals surface area contributed by atoms with Crippen molar-refractivity contribution in [2.75, 3.05) is 31.0 Å². The number of nitrogens with zero attached hydrogens (tertiary/aromatic N) is 1. The van der Waals surface area contributed by atoms with Crippen molar-refractivity contribution in [1.82, 2.24) is 5.32 Å². The fourth-order valence-electron chi connectivity index (χ4n) is 3.00. The summed E-state index contributed by atoms with van der Waals surface area (Å²) in [4.78, 5) is 14.2. The Labute approximate surface area is 152 Å². The molecule has 1 heterocycles. The largest absolute Gasteiger partial charge is 0.496 e. The lowest BCUT2D eigenvalue weighted by atomic mass is 10.1. The minimum absolute atomic E-state index is 0.0376. The monoisotopic (exact) mass is 383 g/mol. The van der Waals surface area contributed by atoms with Crippen molar-refractivity contribution in [3.63, 3.8) is 0 Å². The van der Waals surface area contributed by atoms with Crippen LogP contribution in [-0.4, -0.2) is 26.7 Å². The molecule has 2 N–H and O–H groups in total. The molecule has 0 saturated carbocycles. The van der Waals surface area contributed by atoms with E-state index < -0.39 is 23.5 Å². The van der Waals surface area contributed by atoms with Gasteiger partial charge in [0.05, 0.1) is 30.7 Å². The van der Waals surface area contributed by atoms with Crippen LogP contribution >= 0.6 is 0 Å². The summed E-state index contributed by atoms with van der Waals surface area (Å²) in [5.74, 6) is -1.62. The number of halogens is 4. The lowest BCUT2D eigenvalue weighted by Crippen LogP contribution is -2.25. The zero-order valence-corrected chi connectivity index (χ0v) is 14.6. The topological polar surface area (TPSA) is 53.6 Å². The van der Waals surface area contributed by atoms with Crippen LogP contribution < -0.4 is 20.3 Å². The maximum Gasteiger partial charge on any atom is 0.419 e. The second-order valence-electron chi connectivity index (χ2n) is 6.05. The molecule has 1 aliphatic rings.